The van der Waals surface area contributed by atoms with Crippen molar-refractivity contribution >= 4 is 11.6 Å². The molecule has 2 N–H and O–H groups in total. The standard InChI is InChI=1S/C12H12F2N2O3/c13-12(14)18-9-2-1-8(4-10(9)19-12)16-6-7(5-15)3-11(16)17/h1-2,4,7H,3,5-6,15H2. The van der Waals surface area contributed by atoms with E-state index in [4.69, 9.17) is 5.73 Å². The minimum atomic E-state index is -3.64. The second-order valence-electron chi connectivity index (χ2n) is 4.61. The van der Waals surface area contributed by atoms with E-state index in [1.165, 1.54) is 17.0 Å². The molecule has 1 aromatic rings. The number of rotatable bonds is 2. The molecule has 2 aliphatic heterocycles. The molecule has 2 aliphatic rings. The number of ether oxygens (including phenoxy) is 2. The Hall–Kier alpha value is -1.89. The van der Waals surface area contributed by atoms with E-state index < -0.39 is 6.29 Å². The van der Waals surface area contributed by atoms with E-state index in [1.54, 1.807) is 6.07 Å². The number of anilines is 1. The summed E-state index contributed by atoms with van der Waals surface area (Å²) in [7, 11) is 0. The first kappa shape index (κ1) is 12.2. The lowest BCUT2D eigenvalue weighted by Crippen LogP contribution is -2.26. The highest BCUT2D eigenvalue weighted by atomic mass is 19.3. The molecule has 1 amide bonds. The smallest absolute Gasteiger partial charge is 0.395 e. The SMILES string of the molecule is NCC1CC(=O)N(c2ccc3c(c2)OC(F)(F)O3)C1. The van der Waals surface area contributed by atoms with Crippen LogP contribution in [-0.4, -0.2) is 25.3 Å². The van der Waals surface area contributed by atoms with Crippen molar-refractivity contribution < 1.29 is 23.0 Å². The molecule has 1 aromatic carbocycles. The summed E-state index contributed by atoms with van der Waals surface area (Å²) >= 11 is 0. The van der Waals surface area contributed by atoms with Crippen LogP contribution in [0.25, 0.3) is 0 Å². The van der Waals surface area contributed by atoms with Crippen LogP contribution in [0.5, 0.6) is 11.5 Å². The van der Waals surface area contributed by atoms with Crippen LogP contribution in [0.4, 0.5) is 14.5 Å². The minimum absolute atomic E-state index is 0.0317. The summed E-state index contributed by atoms with van der Waals surface area (Å²) in [6.07, 6.45) is -3.27. The third-order valence-electron chi connectivity index (χ3n) is 3.23. The molecule has 2 heterocycles. The van der Waals surface area contributed by atoms with Gasteiger partial charge in [0.2, 0.25) is 5.91 Å². The molecule has 0 spiro atoms. The van der Waals surface area contributed by atoms with E-state index >= 15 is 0 Å². The largest absolute Gasteiger partial charge is 0.586 e. The van der Waals surface area contributed by atoms with Crippen LogP contribution >= 0.6 is 0 Å². The summed E-state index contributed by atoms with van der Waals surface area (Å²) in [6, 6.07) is 4.31. The highest BCUT2D eigenvalue weighted by Crippen LogP contribution is 2.43. The topological polar surface area (TPSA) is 64.8 Å². The van der Waals surface area contributed by atoms with Gasteiger partial charge >= 0.3 is 6.29 Å². The summed E-state index contributed by atoms with van der Waals surface area (Å²) in [5.41, 5.74) is 6.05. The molecule has 19 heavy (non-hydrogen) atoms. The Labute approximate surface area is 107 Å². The van der Waals surface area contributed by atoms with Gasteiger partial charge in [0, 0.05) is 24.7 Å². The molecule has 0 aliphatic carbocycles. The molecule has 1 saturated heterocycles. The van der Waals surface area contributed by atoms with Crippen molar-refractivity contribution in [2.45, 2.75) is 12.7 Å². The first-order valence-electron chi connectivity index (χ1n) is 5.89. The molecule has 7 heteroatoms. The number of hydrogen-bond acceptors (Lipinski definition) is 4. The highest BCUT2D eigenvalue weighted by molar-refractivity contribution is 5.96. The third-order valence-corrected chi connectivity index (χ3v) is 3.23. The Balaban J connectivity index is 1.86. The lowest BCUT2D eigenvalue weighted by atomic mass is 10.1. The summed E-state index contributed by atoms with van der Waals surface area (Å²) in [5.74, 6) is -0.0669. The highest BCUT2D eigenvalue weighted by Gasteiger charge is 2.43. The van der Waals surface area contributed by atoms with Gasteiger partial charge < -0.3 is 20.1 Å². The second kappa shape index (κ2) is 4.06. The zero-order chi connectivity index (χ0) is 13.6. The van der Waals surface area contributed by atoms with Crippen LogP contribution in [0.3, 0.4) is 0 Å². The average Bonchev–Trinajstić information content (AvgIpc) is 2.86. The molecule has 0 aromatic heterocycles. The summed E-state index contributed by atoms with van der Waals surface area (Å²) in [6.45, 7) is 0.913. The van der Waals surface area contributed by atoms with Crippen molar-refractivity contribution in [2.75, 3.05) is 18.0 Å². The van der Waals surface area contributed by atoms with Crippen LogP contribution in [-0.2, 0) is 4.79 Å². The fourth-order valence-corrected chi connectivity index (χ4v) is 2.29. The molecule has 1 atom stereocenters. The van der Waals surface area contributed by atoms with Gasteiger partial charge in [-0.2, -0.15) is 0 Å². The van der Waals surface area contributed by atoms with Crippen LogP contribution in [0.2, 0.25) is 0 Å². The predicted molar refractivity (Wildman–Crippen MR) is 62.2 cm³/mol. The Bertz CT molecular complexity index is 536. The van der Waals surface area contributed by atoms with Gasteiger partial charge in [-0.3, -0.25) is 4.79 Å². The number of alkyl halides is 2. The Morgan fingerprint density at radius 2 is 2.11 bits per heavy atom. The summed E-state index contributed by atoms with van der Waals surface area (Å²) < 4.78 is 34.5. The fourth-order valence-electron chi connectivity index (χ4n) is 2.29. The predicted octanol–water partition coefficient (Wildman–Crippen LogP) is 1.32. The van der Waals surface area contributed by atoms with Crippen molar-refractivity contribution in [2.24, 2.45) is 11.7 Å². The van der Waals surface area contributed by atoms with Gasteiger partial charge in [0.05, 0.1) is 0 Å². The van der Waals surface area contributed by atoms with E-state index in [0.29, 0.717) is 25.2 Å². The van der Waals surface area contributed by atoms with Crippen molar-refractivity contribution in [3.63, 3.8) is 0 Å². The lowest BCUT2D eigenvalue weighted by molar-refractivity contribution is -0.286. The number of amides is 1. The van der Waals surface area contributed by atoms with Crippen LogP contribution in [0, 0.1) is 5.92 Å². The van der Waals surface area contributed by atoms with E-state index in [2.05, 4.69) is 9.47 Å². The molecule has 0 saturated carbocycles. The van der Waals surface area contributed by atoms with Gasteiger partial charge in [-0.05, 0) is 24.6 Å². The number of halogens is 2. The molecule has 1 fully saturated rings. The first-order valence-corrected chi connectivity index (χ1v) is 5.89. The Morgan fingerprint density at radius 3 is 2.79 bits per heavy atom. The number of nitrogens with two attached hydrogens (primary N) is 1. The molecule has 1 unspecified atom stereocenters. The van der Waals surface area contributed by atoms with Crippen molar-refractivity contribution in [1.82, 2.24) is 0 Å². The maximum atomic E-state index is 12.9. The van der Waals surface area contributed by atoms with Gasteiger partial charge in [0.15, 0.2) is 11.5 Å². The number of benzene rings is 1. The van der Waals surface area contributed by atoms with Gasteiger partial charge in [-0.25, -0.2) is 0 Å². The quantitative estimate of drug-likeness (QED) is 0.880. The number of carbonyl (C=O) groups excluding carboxylic acids is 1. The fraction of sp³-hybridized carbons (Fsp3) is 0.417. The molecule has 102 valence electrons. The maximum absolute atomic E-state index is 12.9. The van der Waals surface area contributed by atoms with Gasteiger partial charge in [-0.15, -0.1) is 8.78 Å². The van der Waals surface area contributed by atoms with Crippen molar-refractivity contribution in [3.05, 3.63) is 18.2 Å². The monoisotopic (exact) mass is 270 g/mol. The van der Waals surface area contributed by atoms with Crippen LogP contribution < -0.4 is 20.1 Å². The molecule has 0 radical (unpaired) electrons. The summed E-state index contributed by atoms with van der Waals surface area (Å²) in [5, 5.41) is 0. The van der Waals surface area contributed by atoms with E-state index in [1.807, 2.05) is 0 Å². The Kier molecular flexibility index (Phi) is 2.60. The van der Waals surface area contributed by atoms with E-state index in [-0.39, 0.29) is 23.3 Å². The van der Waals surface area contributed by atoms with Gasteiger partial charge in [0.1, 0.15) is 0 Å². The number of nitrogens with zero attached hydrogens (tertiary/aromatic N) is 1. The average molecular weight is 270 g/mol. The van der Waals surface area contributed by atoms with Crippen molar-refractivity contribution in [1.29, 1.82) is 0 Å². The van der Waals surface area contributed by atoms with E-state index in [0.717, 1.165) is 0 Å². The van der Waals surface area contributed by atoms with Crippen molar-refractivity contribution in [3.8, 4) is 11.5 Å². The normalized spacial score (nSPS) is 24.1. The van der Waals surface area contributed by atoms with Gasteiger partial charge in [0.25, 0.3) is 0 Å². The molecular weight excluding hydrogens is 258 g/mol. The third kappa shape index (κ3) is 2.10. The maximum Gasteiger partial charge on any atom is 0.586 e. The zero-order valence-electron chi connectivity index (χ0n) is 9.94. The van der Waals surface area contributed by atoms with Gasteiger partial charge in [-0.1, -0.05) is 0 Å². The number of carbonyl (C=O) groups is 1. The minimum Gasteiger partial charge on any atom is -0.395 e. The molecule has 5 nitrogen and oxygen atoms in total. The lowest BCUT2D eigenvalue weighted by Gasteiger charge is -2.16. The molecular formula is C12H12F2N2O3. The Morgan fingerprint density at radius 1 is 1.37 bits per heavy atom. The van der Waals surface area contributed by atoms with Crippen LogP contribution in [0.1, 0.15) is 6.42 Å². The first-order chi connectivity index (χ1) is 8.98. The zero-order valence-corrected chi connectivity index (χ0v) is 9.94. The number of fused-ring (bicyclic) bond motifs is 1. The molecule has 3 rings (SSSR count). The van der Waals surface area contributed by atoms with E-state index in [9.17, 15) is 13.6 Å². The summed E-state index contributed by atoms with van der Waals surface area (Å²) in [4.78, 5) is 13.3. The second-order valence-corrected chi connectivity index (χ2v) is 4.61. The number of hydrogen-bond donors (Lipinski definition) is 1. The van der Waals surface area contributed by atoms with Crippen LogP contribution in [0.15, 0.2) is 18.2 Å². The molecule has 0 bridgehead atoms.